The predicted molar refractivity (Wildman–Crippen MR) is 120 cm³/mol. The molecule has 1 fully saturated rings. The Morgan fingerprint density at radius 2 is 2.06 bits per heavy atom. The molecule has 2 aliphatic heterocycles. The number of para-hydroxylation sites is 1. The van der Waals surface area contributed by atoms with Crippen molar-refractivity contribution in [1.82, 2.24) is 20.1 Å². The third-order valence-corrected chi connectivity index (χ3v) is 6.55. The van der Waals surface area contributed by atoms with Crippen LogP contribution in [0.2, 0.25) is 0 Å². The first-order valence-electron chi connectivity index (χ1n) is 10.8. The van der Waals surface area contributed by atoms with Crippen LogP contribution in [-0.4, -0.2) is 52.5 Å². The van der Waals surface area contributed by atoms with Gasteiger partial charge in [0.15, 0.2) is 16.7 Å². The number of carbonyl (C=O) groups excluding carboxylic acids is 1. The van der Waals surface area contributed by atoms with E-state index in [2.05, 4.69) is 15.5 Å². The maximum atomic E-state index is 14.6. The molecule has 172 valence electrons. The number of thioether (sulfide) groups is 1. The number of rotatable bonds is 8. The Bertz CT molecular complexity index is 1150. The number of hydrogen-bond acceptors (Lipinski definition) is 7. The minimum absolute atomic E-state index is 0.152. The molecule has 10 heteroatoms. The molecule has 33 heavy (non-hydrogen) atoms. The van der Waals surface area contributed by atoms with Crippen molar-refractivity contribution in [3.8, 4) is 17.2 Å². The summed E-state index contributed by atoms with van der Waals surface area (Å²) in [6.07, 6.45) is 2.63. The van der Waals surface area contributed by atoms with Crippen molar-refractivity contribution in [2.45, 2.75) is 30.5 Å². The molecule has 1 atom stereocenters. The van der Waals surface area contributed by atoms with Gasteiger partial charge in [-0.2, -0.15) is 0 Å². The average molecular weight is 471 g/mol. The largest absolute Gasteiger partial charge is 0.454 e. The minimum atomic E-state index is -0.359. The average Bonchev–Trinajstić information content (AvgIpc) is 3.58. The highest BCUT2D eigenvalue weighted by Gasteiger charge is 2.21. The number of nitrogens with zero attached hydrogens (tertiary/aromatic N) is 3. The lowest BCUT2D eigenvalue weighted by Gasteiger charge is -2.13. The third kappa shape index (κ3) is 4.81. The molecule has 3 aromatic rings. The quantitative estimate of drug-likeness (QED) is 0.505. The van der Waals surface area contributed by atoms with Crippen LogP contribution in [0, 0.1) is 5.82 Å². The molecule has 2 aromatic carbocycles. The molecule has 1 aromatic heterocycles. The Kier molecular flexibility index (Phi) is 6.45. The van der Waals surface area contributed by atoms with Crippen LogP contribution in [-0.2, 0) is 11.2 Å². The molecule has 0 aliphatic carbocycles. The van der Waals surface area contributed by atoms with E-state index in [0.717, 1.165) is 25.2 Å². The van der Waals surface area contributed by atoms with E-state index >= 15 is 0 Å². The summed E-state index contributed by atoms with van der Waals surface area (Å²) in [5.74, 6) is 1.88. The predicted octanol–water partition coefficient (Wildman–Crippen LogP) is 3.38. The molecule has 5 rings (SSSR count). The van der Waals surface area contributed by atoms with E-state index < -0.39 is 0 Å². The second-order valence-electron chi connectivity index (χ2n) is 7.71. The SMILES string of the molecule is O=C(NCCc1nnc(SCC2CCCO2)n1-c1ccccc1F)c1ccc2c(c1)OCO2. The zero-order valence-electron chi connectivity index (χ0n) is 17.8. The molecule has 1 unspecified atom stereocenters. The molecule has 0 spiro atoms. The van der Waals surface area contributed by atoms with Crippen molar-refractivity contribution < 1.29 is 23.4 Å². The summed E-state index contributed by atoms with van der Waals surface area (Å²) >= 11 is 1.50. The Balaban J connectivity index is 1.29. The number of ether oxygens (including phenoxy) is 3. The summed E-state index contributed by atoms with van der Waals surface area (Å²) < 4.78 is 32.7. The molecule has 1 N–H and O–H groups in total. The molecule has 0 radical (unpaired) electrons. The number of halogens is 1. The maximum Gasteiger partial charge on any atom is 0.251 e. The lowest BCUT2D eigenvalue weighted by Crippen LogP contribution is -2.26. The fraction of sp³-hybridized carbons (Fsp3) is 0.348. The molecular formula is C23H23FN4O4S. The monoisotopic (exact) mass is 470 g/mol. The van der Waals surface area contributed by atoms with Crippen molar-refractivity contribution in [2.24, 2.45) is 0 Å². The summed E-state index contributed by atoms with van der Waals surface area (Å²) in [6, 6.07) is 11.6. The van der Waals surface area contributed by atoms with Crippen LogP contribution in [0.25, 0.3) is 5.69 Å². The number of hydrogen-bond donors (Lipinski definition) is 1. The van der Waals surface area contributed by atoms with Gasteiger partial charge in [-0.15, -0.1) is 10.2 Å². The van der Waals surface area contributed by atoms with Crippen molar-refractivity contribution >= 4 is 17.7 Å². The normalized spacial score (nSPS) is 16.8. The number of nitrogens with one attached hydrogen (secondary N) is 1. The number of amides is 1. The van der Waals surface area contributed by atoms with Gasteiger partial charge in [-0.05, 0) is 43.2 Å². The standard InChI is InChI=1S/C23H23FN4O4S/c24-17-5-1-2-6-18(17)28-21(26-27-23(28)33-13-16-4-3-11-30-16)9-10-25-22(29)15-7-8-19-20(12-15)32-14-31-19/h1-2,5-8,12,16H,3-4,9-11,13-14H2,(H,25,29). The first-order valence-corrected chi connectivity index (χ1v) is 11.8. The van der Waals surface area contributed by atoms with Crippen molar-refractivity contribution in [2.75, 3.05) is 25.7 Å². The van der Waals surface area contributed by atoms with Gasteiger partial charge in [0.1, 0.15) is 11.6 Å². The third-order valence-electron chi connectivity index (χ3n) is 5.48. The summed E-state index contributed by atoms with van der Waals surface area (Å²) in [5, 5.41) is 12.1. The van der Waals surface area contributed by atoms with Gasteiger partial charge >= 0.3 is 0 Å². The van der Waals surface area contributed by atoms with Gasteiger partial charge in [0.25, 0.3) is 5.91 Å². The van der Waals surface area contributed by atoms with Gasteiger partial charge in [0, 0.05) is 30.9 Å². The Morgan fingerprint density at radius 1 is 1.18 bits per heavy atom. The topological polar surface area (TPSA) is 87.5 Å². The van der Waals surface area contributed by atoms with Crippen LogP contribution in [0.15, 0.2) is 47.6 Å². The zero-order valence-corrected chi connectivity index (χ0v) is 18.6. The molecule has 0 bridgehead atoms. The van der Waals surface area contributed by atoms with Crippen LogP contribution in [0.4, 0.5) is 4.39 Å². The van der Waals surface area contributed by atoms with Crippen molar-refractivity contribution in [1.29, 1.82) is 0 Å². The molecule has 0 saturated carbocycles. The Hall–Kier alpha value is -3.11. The summed E-state index contributed by atoms with van der Waals surface area (Å²) in [4.78, 5) is 12.6. The fourth-order valence-corrected chi connectivity index (χ4v) is 4.83. The highest BCUT2D eigenvalue weighted by atomic mass is 32.2. The van der Waals surface area contributed by atoms with Gasteiger partial charge in [-0.3, -0.25) is 9.36 Å². The van der Waals surface area contributed by atoms with E-state index in [0.29, 0.717) is 46.7 Å². The summed E-state index contributed by atoms with van der Waals surface area (Å²) in [5.41, 5.74) is 0.858. The minimum Gasteiger partial charge on any atom is -0.454 e. The molecular weight excluding hydrogens is 447 g/mol. The number of fused-ring (bicyclic) bond motifs is 1. The molecule has 2 aliphatic rings. The van der Waals surface area contributed by atoms with E-state index in [1.54, 1.807) is 41.0 Å². The van der Waals surface area contributed by atoms with Gasteiger partial charge < -0.3 is 19.5 Å². The van der Waals surface area contributed by atoms with Crippen molar-refractivity contribution in [3.63, 3.8) is 0 Å². The van der Waals surface area contributed by atoms with E-state index in [1.807, 2.05) is 0 Å². The number of carbonyl (C=O) groups is 1. The molecule has 3 heterocycles. The summed E-state index contributed by atoms with van der Waals surface area (Å²) in [7, 11) is 0. The Labute approximate surface area is 194 Å². The van der Waals surface area contributed by atoms with Crippen LogP contribution in [0.1, 0.15) is 29.0 Å². The van der Waals surface area contributed by atoms with Crippen LogP contribution in [0.3, 0.4) is 0 Å². The van der Waals surface area contributed by atoms with Gasteiger partial charge in [-0.25, -0.2) is 4.39 Å². The van der Waals surface area contributed by atoms with Gasteiger partial charge in [0.05, 0.1) is 11.8 Å². The van der Waals surface area contributed by atoms with E-state index in [4.69, 9.17) is 14.2 Å². The molecule has 1 amide bonds. The highest BCUT2D eigenvalue weighted by molar-refractivity contribution is 7.99. The molecule has 8 nitrogen and oxygen atoms in total. The van der Waals surface area contributed by atoms with Crippen molar-refractivity contribution in [3.05, 3.63) is 59.7 Å². The summed E-state index contributed by atoms with van der Waals surface area (Å²) in [6.45, 7) is 1.25. The highest BCUT2D eigenvalue weighted by Crippen LogP contribution is 2.32. The first kappa shape index (κ1) is 21.7. The smallest absolute Gasteiger partial charge is 0.251 e. The van der Waals surface area contributed by atoms with Crippen LogP contribution < -0.4 is 14.8 Å². The maximum absolute atomic E-state index is 14.6. The van der Waals surface area contributed by atoms with Crippen LogP contribution >= 0.6 is 11.8 Å². The number of aromatic nitrogens is 3. The number of benzene rings is 2. The molecule has 1 saturated heterocycles. The van der Waals surface area contributed by atoms with Crippen LogP contribution in [0.5, 0.6) is 11.5 Å². The zero-order chi connectivity index (χ0) is 22.6. The lowest BCUT2D eigenvalue weighted by atomic mass is 10.2. The van der Waals surface area contributed by atoms with Gasteiger partial charge in [-0.1, -0.05) is 23.9 Å². The second-order valence-corrected chi connectivity index (χ2v) is 8.69. The van der Waals surface area contributed by atoms with Gasteiger partial charge in [0.2, 0.25) is 6.79 Å². The lowest BCUT2D eigenvalue weighted by molar-refractivity contribution is 0.0953. The Morgan fingerprint density at radius 3 is 2.91 bits per heavy atom. The first-order chi connectivity index (χ1) is 16.2. The second kappa shape index (κ2) is 9.80. The van der Waals surface area contributed by atoms with E-state index in [9.17, 15) is 9.18 Å². The van der Waals surface area contributed by atoms with E-state index in [1.165, 1.54) is 17.8 Å². The fourth-order valence-electron chi connectivity index (χ4n) is 3.80. The van der Waals surface area contributed by atoms with E-state index in [-0.39, 0.29) is 24.6 Å².